The molecule has 1 fully saturated rings. The van der Waals surface area contributed by atoms with Crippen LogP contribution in [0.3, 0.4) is 0 Å². The average Bonchev–Trinajstić information content (AvgIpc) is 3.41. The Morgan fingerprint density at radius 3 is 2.79 bits per heavy atom. The molecule has 0 radical (unpaired) electrons. The summed E-state index contributed by atoms with van der Waals surface area (Å²) in [5.41, 5.74) is 8.99. The van der Waals surface area contributed by atoms with Crippen LogP contribution in [0.25, 0.3) is 21.8 Å². The van der Waals surface area contributed by atoms with Gasteiger partial charge >= 0.3 is 0 Å². The van der Waals surface area contributed by atoms with Crippen molar-refractivity contribution in [2.45, 2.75) is 58.2 Å². The molecule has 8 nitrogen and oxygen atoms in total. The average molecular weight is 443 g/mol. The summed E-state index contributed by atoms with van der Waals surface area (Å²) in [6, 6.07) is 8.19. The highest BCUT2D eigenvalue weighted by Crippen LogP contribution is 2.31. The van der Waals surface area contributed by atoms with Crippen molar-refractivity contribution in [1.82, 2.24) is 24.3 Å². The summed E-state index contributed by atoms with van der Waals surface area (Å²) < 4.78 is 3.68. The standard InChI is InChI=1S/C25H26N6O2/c1-15-6-5-7-17-12-19(31(25(33)21(15)17)18-8-3-4-9-18)13-30-24-22(23(26)27-14-28-24)20(29-30)11-10-16(2)32/h5-7,12,14,16,18,32H,3-4,8-9,13H2,1-2H3,(H2,26,27,28). The number of nitrogens with zero attached hydrogens (tertiary/aromatic N) is 5. The van der Waals surface area contributed by atoms with Crippen LogP contribution in [-0.2, 0) is 6.54 Å². The van der Waals surface area contributed by atoms with E-state index in [-0.39, 0.29) is 17.4 Å². The number of nitrogen functional groups attached to an aromatic ring is 1. The van der Waals surface area contributed by atoms with Crippen LogP contribution in [0, 0.1) is 18.8 Å². The van der Waals surface area contributed by atoms with Gasteiger partial charge in [-0.25, -0.2) is 14.6 Å². The van der Waals surface area contributed by atoms with Crippen LogP contribution in [0.5, 0.6) is 0 Å². The van der Waals surface area contributed by atoms with Crippen LogP contribution < -0.4 is 11.3 Å². The maximum Gasteiger partial charge on any atom is 0.259 e. The monoisotopic (exact) mass is 442 g/mol. The van der Waals surface area contributed by atoms with Crippen LogP contribution in [0.15, 0.2) is 35.4 Å². The number of nitrogens with two attached hydrogens (primary N) is 1. The third kappa shape index (κ3) is 3.74. The number of pyridine rings is 1. The second-order valence-corrected chi connectivity index (χ2v) is 8.70. The molecule has 1 aliphatic rings. The fourth-order valence-corrected chi connectivity index (χ4v) is 4.84. The van der Waals surface area contributed by atoms with E-state index in [2.05, 4.69) is 33.0 Å². The summed E-state index contributed by atoms with van der Waals surface area (Å²) in [4.78, 5) is 22.2. The Balaban J connectivity index is 1.72. The number of aliphatic hydroxyl groups excluding tert-OH is 1. The van der Waals surface area contributed by atoms with Crippen LogP contribution >= 0.6 is 0 Å². The maximum absolute atomic E-state index is 13.7. The summed E-state index contributed by atoms with van der Waals surface area (Å²) in [6.07, 6.45) is 4.82. The van der Waals surface area contributed by atoms with Crippen molar-refractivity contribution in [2.75, 3.05) is 5.73 Å². The highest BCUT2D eigenvalue weighted by molar-refractivity contribution is 5.90. The van der Waals surface area contributed by atoms with E-state index in [4.69, 9.17) is 5.73 Å². The van der Waals surface area contributed by atoms with Gasteiger partial charge in [0.25, 0.3) is 5.56 Å². The lowest BCUT2D eigenvalue weighted by atomic mass is 10.0. The lowest BCUT2D eigenvalue weighted by Gasteiger charge is -2.21. The molecule has 1 atom stereocenters. The number of anilines is 1. The molecule has 5 rings (SSSR count). The Morgan fingerprint density at radius 1 is 1.24 bits per heavy atom. The Labute approximate surface area is 191 Å². The van der Waals surface area contributed by atoms with E-state index in [1.165, 1.54) is 6.33 Å². The van der Waals surface area contributed by atoms with E-state index < -0.39 is 6.10 Å². The van der Waals surface area contributed by atoms with E-state index in [1.54, 1.807) is 11.6 Å². The Morgan fingerprint density at radius 2 is 2.03 bits per heavy atom. The number of benzene rings is 1. The minimum absolute atomic E-state index is 0.0484. The Hall–Kier alpha value is -3.70. The summed E-state index contributed by atoms with van der Waals surface area (Å²) >= 11 is 0. The normalized spacial score (nSPS) is 15.1. The largest absolute Gasteiger partial charge is 0.383 e. The molecule has 0 spiro atoms. The lowest BCUT2D eigenvalue weighted by molar-refractivity contribution is 0.253. The number of hydrogen-bond donors (Lipinski definition) is 2. The zero-order valence-corrected chi connectivity index (χ0v) is 18.7. The molecule has 8 heteroatoms. The van der Waals surface area contributed by atoms with Gasteiger partial charge in [-0.05, 0) is 49.6 Å². The van der Waals surface area contributed by atoms with Gasteiger partial charge in [-0.15, -0.1) is 0 Å². The molecule has 0 amide bonds. The molecule has 3 heterocycles. The molecule has 0 aliphatic heterocycles. The Bertz CT molecular complexity index is 1480. The van der Waals surface area contributed by atoms with Gasteiger partial charge in [0.2, 0.25) is 0 Å². The highest BCUT2D eigenvalue weighted by atomic mass is 16.3. The molecule has 3 aromatic heterocycles. The van der Waals surface area contributed by atoms with Crippen molar-refractivity contribution in [3.8, 4) is 11.8 Å². The first-order valence-electron chi connectivity index (χ1n) is 11.2. The van der Waals surface area contributed by atoms with Gasteiger partial charge in [-0.1, -0.05) is 37.0 Å². The molecule has 1 unspecified atom stereocenters. The van der Waals surface area contributed by atoms with E-state index in [9.17, 15) is 9.90 Å². The smallest absolute Gasteiger partial charge is 0.259 e. The fraction of sp³-hybridized carbons (Fsp3) is 0.360. The van der Waals surface area contributed by atoms with Gasteiger partial charge in [0.1, 0.15) is 23.9 Å². The highest BCUT2D eigenvalue weighted by Gasteiger charge is 2.24. The number of fused-ring (bicyclic) bond motifs is 2. The van der Waals surface area contributed by atoms with Crippen LogP contribution in [0.2, 0.25) is 0 Å². The van der Waals surface area contributed by atoms with E-state index >= 15 is 0 Å². The van der Waals surface area contributed by atoms with Gasteiger partial charge in [-0.2, -0.15) is 5.10 Å². The summed E-state index contributed by atoms with van der Waals surface area (Å²) in [5, 5.41) is 16.5. The molecule has 1 aliphatic carbocycles. The zero-order chi connectivity index (χ0) is 23.1. The molecule has 0 saturated heterocycles. The molecular formula is C25H26N6O2. The number of aromatic nitrogens is 5. The predicted octanol–water partition coefficient (Wildman–Crippen LogP) is 2.93. The number of aliphatic hydroxyl groups is 1. The number of hydrogen-bond acceptors (Lipinski definition) is 6. The molecule has 3 N–H and O–H groups in total. The first kappa shape index (κ1) is 21.2. The SMILES string of the molecule is Cc1cccc2cc(Cn3nc(C#CC(C)O)c4c(N)ncnc43)n(C3CCCC3)c(=O)c12. The first-order chi connectivity index (χ1) is 15.9. The number of rotatable bonds is 3. The minimum atomic E-state index is -0.799. The topological polar surface area (TPSA) is 112 Å². The molecule has 1 aromatic carbocycles. The van der Waals surface area contributed by atoms with E-state index in [1.807, 2.05) is 29.7 Å². The van der Waals surface area contributed by atoms with Gasteiger partial charge in [-0.3, -0.25) is 4.79 Å². The third-order valence-corrected chi connectivity index (χ3v) is 6.33. The maximum atomic E-state index is 13.7. The van der Waals surface area contributed by atoms with Crippen molar-refractivity contribution < 1.29 is 5.11 Å². The summed E-state index contributed by atoms with van der Waals surface area (Å²) in [7, 11) is 0. The van der Waals surface area contributed by atoms with E-state index in [0.717, 1.165) is 47.7 Å². The van der Waals surface area contributed by atoms with Crippen LogP contribution in [0.1, 0.15) is 55.6 Å². The van der Waals surface area contributed by atoms with Crippen molar-refractivity contribution in [2.24, 2.45) is 0 Å². The van der Waals surface area contributed by atoms with Gasteiger partial charge in [0, 0.05) is 11.7 Å². The van der Waals surface area contributed by atoms with Gasteiger partial charge in [0.05, 0.1) is 17.3 Å². The fourth-order valence-electron chi connectivity index (χ4n) is 4.84. The summed E-state index contributed by atoms with van der Waals surface area (Å²) in [6.45, 7) is 3.92. The molecule has 33 heavy (non-hydrogen) atoms. The zero-order valence-electron chi connectivity index (χ0n) is 18.7. The van der Waals surface area contributed by atoms with Crippen molar-refractivity contribution in [1.29, 1.82) is 0 Å². The first-order valence-corrected chi connectivity index (χ1v) is 11.2. The quantitative estimate of drug-likeness (QED) is 0.472. The number of aryl methyl sites for hydroxylation is 1. The third-order valence-electron chi connectivity index (χ3n) is 6.33. The van der Waals surface area contributed by atoms with Gasteiger partial charge in [0.15, 0.2) is 5.65 Å². The minimum Gasteiger partial charge on any atom is -0.383 e. The van der Waals surface area contributed by atoms with Crippen molar-refractivity contribution in [3.05, 3.63) is 57.9 Å². The van der Waals surface area contributed by atoms with Crippen LogP contribution in [0.4, 0.5) is 5.82 Å². The Kier molecular flexibility index (Phi) is 5.35. The molecule has 1 saturated carbocycles. The van der Waals surface area contributed by atoms with E-state index in [0.29, 0.717) is 23.3 Å². The second kappa shape index (κ2) is 8.34. The van der Waals surface area contributed by atoms with Crippen molar-refractivity contribution in [3.63, 3.8) is 0 Å². The molecule has 4 aromatic rings. The predicted molar refractivity (Wildman–Crippen MR) is 128 cm³/mol. The second-order valence-electron chi connectivity index (χ2n) is 8.70. The lowest BCUT2D eigenvalue weighted by Crippen LogP contribution is -2.28. The molecule has 0 bridgehead atoms. The van der Waals surface area contributed by atoms with Crippen LogP contribution in [-0.4, -0.2) is 35.5 Å². The van der Waals surface area contributed by atoms with Gasteiger partial charge < -0.3 is 15.4 Å². The van der Waals surface area contributed by atoms with Crippen molar-refractivity contribution >= 4 is 27.6 Å². The summed E-state index contributed by atoms with van der Waals surface area (Å²) in [5.74, 6) is 5.89. The molecular weight excluding hydrogens is 416 g/mol. The molecule has 168 valence electrons.